The summed E-state index contributed by atoms with van der Waals surface area (Å²) < 4.78 is 23.4. The minimum absolute atomic E-state index is 0.0429. The van der Waals surface area contributed by atoms with Crippen LogP contribution in [0, 0.1) is 21.4 Å². The molecule has 3 aliphatic rings. The number of Topliss-reactive ketones (excluding diaryl/α,β-unsaturated/α-hetero) is 1. The predicted molar refractivity (Wildman–Crippen MR) is 129 cm³/mol. The number of carbonyl (C=O) groups excluding carboxylic acids is 4. The molecule has 1 spiro atoms. The molecule has 206 valence electrons. The third-order valence-corrected chi connectivity index (χ3v) is 8.37. The second-order valence-electron chi connectivity index (χ2n) is 10.1. The summed E-state index contributed by atoms with van der Waals surface area (Å²) in [6, 6.07) is 4.82. The second kappa shape index (κ2) is 9.49. The van der Waals surface area contributed by atoms with Gasteiger partial charge in [-0.05, 0) is 13.8 Å². The summed E-state index contributed by atoms with van der Waals surface area (Å²) in [4.78, 5) is 67.2. The van der Waals surface area contributed by atoms with E-state index < -0.39 is 57.7 Å². The molecule has 5 atom stereocenters. The fraction of sp³-hybridized carbons (Fsp3) is 0.600. The fourth-order valence-corrected chi connectivity index (χ4v) is 6.00. The Kier molecular flexibility index (Phi) is 6.93. The number of nitro benzene ring substituents is 1. The highest BCUT2D eigenvalue weighted by Crippen LogP contribution is 2.57. The number of barbiturate groups is 1. The fourth-order valence-electron chi connectivity index (χ4n) is 6.00. The maximum atomic E-state index is 14.1. The molecule has 4 amide bonds. The summed E-state index contributed by atoms with van der Waals surface area (Å²) in [5.74, 6) is -7.35. The van der Waals surface area contributed by atoms with Gasteiger partial charge in [-0.25, -0.2) is 4.79 Å². The lowest BCUT2D eigenvalue weighted by Crippen LogP contribution is -2.72. The highest BCUT2D eigenvalue weighted by molar-refractivity contribution is 6.20. The van der Waals surface area contributed by atoms with Crippen molar-refractivity contribution in [1.82, 2.24) is 9.80 Å². The first-order valence-electron chi connectivity index (χ1n) is 12.1. The molecule has 0 aromatic heterocycles. The Hall–Kier alpha value is -3.26. The molecule has 38 heavy (non-hydrogen) atoms. The number of para-hydroxylation sites is 1. The van der Waals surface area contributed by atoms with Crippen LogP contribution in [0.25, 0.3) is 0 Å². The predicted octanol–water partition coefficient (Wildman–Crippen LogP) is 1.83. The van der Waals surface area contributed by atoms with Gasteiger partial charge >= 0.3 is 6.03 Å². The van der Waals surface area contributed by atoms with Crippen molar-refractivity contribution in [3.63, 3.8) is 0 Å². The van der Waals surface area contributed by atoms with Crippen LogP contribution in [0.4, 0.5) is 10.5 Å². The van der Waals surface area contributed by atoms with Crippen LogP contribution < -0.4 is 0 Å². The first-order valence-corrected chi connectivity index (χ1v) is 12.1. The molecule has 0 radical (unpaired) electrons. The number of carbonyl (C=O) groups is 4. The number of benzene rings is 1. The monoisotopic (exact) mass is 533 g/mol. The van der Waals surface area contributed by atoms with E-state index in [9.17, 15) is 29.3 Å². The van der Waals surface area contributed by atoms with Gasteiger partial charge in [-0.15, -0.1) is 0 Å². The van der Waals surface area contributed by atoms with E-state index in [1.807, 2.05) is 0 Å². The Labute approximate surface area is 219 Å². The molecule has 2 saturated heterocycles. The highest BCUT2D eigenvalue weighted by Gasteiger charge is 2.69. The van der Waals surface area contributed by atoms with E-state index in [1.54, 1.807) is 13.8 Å². The maximum absolute atomic E-state index is 14.1. The molecule has 0 bridgehead atoms. The Bertz CT molecular complexity index is 1180. The maximum Gasteiger partial charge on any atom is 0.332 e. The molecule has 3 fully saturated rings. The molecule has 2 aliphatic heterocycles. The number of methoxy groups -OCH3 is 2. The normalized spacial score (nSPS) is 33.7. The van der Waals surface area contributed by atoms with Crippen molar-refractivity contribution in [1.29, 1.82) is 0 Å². The Morgan fingerprint density at radius 3 is 2.11 bits per heavy atom. The SMILES string of the molecule is CO[C@]1(C)OC[C@H]([C@@H]2CC(=O)C[C@H](c3ccccc3[N+](=O)[O-])C23C(=O)N(C)C(=O)N(C)C3=O)O[C@@]1(C)OC. The van der Waals surface area contributed by atoms with Crippen LogP contribution in [0.2, 0.25) is 0 Å². The van der Waals surface area contributed by atoms with Crippen molar-refractivity contribution >= 4 is 29.3 Å². The van der Waals surface area contributed by atoms with E-state index in [1.165, 1.54) is 52.6 Å². The van der Waals surface area contributed by atoms with Gasteiger partial charge in [0.05, 0.1) is 17.6 Å². The molecule has 0 unspecified atom stereocenters. The quantitative estimate of drug-likeness (QED) is 0.311. The number of urea groups is 1. The number of amides is 4. The van der Waals surface area contributed by atoms with Gasteiger partial charge in [0.2, 0.25) is 23.4 Å². The standard InChI is InChI=1S/C25H31N3O10/c1-23(35-5)24(2,36-6)38-19(13-37-23)17-12-14(29)11-16(15-9-7-8-10-18(15)28(33)34)25(17)20(30)26(3)22(32)27(4)21(25)31/h7-10,16-17,19H,11-13H2,1-6H3/t16-,17+,19-,23-,24-/m1/s1. The number of hydrogen-bond acceptors (Lipinski definition) is 10. The van der Waals surface area contributed by atoms with Crippen molar-refractivity contribution in [3.05, 3.63) is 39.9 Å². The molecule has 2 heterocycles. The van der Waals surface area contributed by atoms with E-state index >= 15 is 0 Å². The van der Waals surface area contributed by atoms with Crippen LogP contribution in [0.5, 0.6) is 0 Å². The Morgan fingerprint density at radius 1 is 0.974 bits per heavy atom. The van der Waals surface area contributed by atoms with Crippen LogP contribution in [0.1, 0.15) is 38.2 Å². The van der Waals surface area contributed by atoms with Gasteiger partial charge < -0.3 is 18.9 Å². The molecule has 13 nitrogen and oxygen atoms in total. The summed E-state index contributed by atoms with van der Waals surface area (Å²) in [6.07, 6.45) is -1.64. The Morgan fingerprint density at radius 2 is 1.55 bits per heavy atom. The number of hydrogen-bond donors (Lipinski definition) is 0. The number of rotatable bonds is 5. The third-order valence-electron chi connectivity index (χ3n) is 8.37. The number of imide groups is 2. The molecule has 1 aromatic carbocycles. The van der Waals surface area contributed by atoms with Crippen LogP contribution in [-0.2, 0) is 33.3 Å². The summed E-state index contributed by atoms with van der Waals surface area (Å²) in [5.41, 5.74) is -2.38. The lowest BCUT2D eigenvalue weighted by molar-refractivity contribution is -0.437. The average molecular weight is 534 g/mol. The molecule has 1 aliphatic carbocycles. The largest absolute Gasteiger partial charge is 0.349 e. The minimum atomic E-state index is -2.08. The smallest absolute Gasteiger partial charge is 0.332 e. The van der Waals surface area contributed by atoms with Crippen molar-refractivity contribution in [3.8, 4) is 0 Å². The zero-order valence-electron chi connectivity index (χ0n) is 22.1. The van der Waals surface area contributed by atoms with Crippen molar-refractivity contribution in [2.24, 2.45) is 11.3 Å². The Balaban J connectivity index is 1.96. The third kappa shape index (κ3) is 3.75. The molecule has 1 saturated carbocycles. The average Bonchev–Trinajstić information content (AvgIpc) is 2.91. The van der Waals surface area contributed by atoms with Crippen LogP contribution >= 0.6 is 0 Å². The zero-order chi connectivity index (χ0) is 28.2. The molecular formula is C25H31N3O10. The van der Waals surface area contributed by atoms with E-state index in [0.717, 1.165) is 9.80 Å². The highest BCUT2D eigenvalue weighted by atomic mass is 16.8. The van der Waals surface area contributed by atoms with Crippen molar-refractivity contribution in [2.45, 2.75) is 50.3 Å². The van der Waals surface area contributed by atoms with E-state index in [4.69, 9.17) is 18.9 Å². The zero-order valence-corrected chi connectivity index (χ0v) is 22.1. The van der Waals surface area contributed by atoms with Gasteiger partial charge in [-0.1, -0.05) is 18.2 Å². The number of nitro groups is 1. The van der Waals surface area contributed by atoms with E-state index in [2.05, 4.69) is 0 Å². The lowest BCUT2D eigenvalue weighted by atomic mass is 9.54. The summed E-state index contributed by atoms with van der Waals surface area (Å²) >= 11 is 0. The van der Waals surface area contributed by atoms with Gasteiger partial charge in [0.25, 0.3) is 5.69 Å². The van der Waals surface area contributed by atoms with E-state index in [-0.39, 0.29) is 36.5 Å². The van der Waals surface area contributed by atoms with Gasteiger partial charge in [-0.3, -0.25) is 34.3 Å². The summed E-state index contributed by atoms with van der Waals surface area (Å²) in [5, 5.41) is 12.0. The topological polar surface area (TPSA) is 155 Å². The minimum Gasteiger partial charge on any atom is -0.349 e. The molecular weight excluding hydrogens is 502 g/mol. The molecule has 13 heteroatoms. The summed E-state index contributed by atoms with van der Waals surface area (Å²) in [6.45, 7) is 2.97. The summed E-state index contributed by atoms with van der Waals surface area (Å²) in [7, 11) is 5.25. The van der Waals surface area contributed by atoms with Crippen LogP contribution in [-0.4, -0.2) is 91.0 Å². The van der Waals surface area contributed by atoms with Gasteiger partial charge in [-0.2, -0.15) is 0 Å². The number of ether oxygens (including phenoxy) is 4. The van der Waals surface area contributed by atoms with Gasteiger partial charge in [0.15, 0.2) is 0 Å². The van der Waals surface area contributed by atoms with Gasteiger partial charge in [0.1, 0.15) is 11.2 Å². The molecule has 0 N–H and O–H groups in total. The van der Waals surface area contributed by atoms with Crippen molar-refractivity contribution < 1.29 is 43.0 Å². The van der Waals surface area contributed by atoms with Crippen LogP contribution in [0.15, 0.2) is 24.3 Å². The molecule has 4 rings (SSSR count). The van der Waals surface area contributed by atoms with Crippen molar-refractivity contribution in [2.75, 3.05) is 34.9 Å². The van der Waals surface area contributed by atoms with E-state index in [0.29, 0.717) is 0 Å². The molecule has 1 aromatic rings. The lowest BCUT2D eigenvalue weighted by Gasteiger charge is -2.56. The number of nitrogens with zero attached hydrogens (tertiary/aromatic N) is 3. The van der Waals surface area contributed by atoms with Crippen LogP contribution in [0.3, 0.4) is 0 Å². The van der Waals surface area contributed by atoms with Gasteiger partial charge in [0, 0.05) is 64.6 Å². The first-order chi connectivity index (χ1) is 17.8. The second-order valence-corrected chi connectivity index (χ2v) is 10.1. The first kappa shape index (κ1) is 27.8. The number of ketones is 1.